The van der Waals surface area contributed by atoms with Crippen molar-refractivity contribution in [3.8, 4) is 0 Å². The molecule has 0 unspecified atom stereocenters. The van der Waals surface area contributed by atoms with Gasteiger partial charge in [-0.2, -0.15) is 0 Å². The van der Waals surface area contributed by atoms with Crippen molar-refractivity contribution in [3.63, 3.8) is 0 Å². The van der Waals surface area contributed by atoms with E-state index >= 15 is 0 Å². The van der Waals surface area contributed by atoms with Crippen LogP contribution in [0.4, 0.5) is 0 Å². The Morgan fingerprint density at radius 1 is 1.29 bits per heavy atom. The lowest BCUT2D eigenvalue weighted by atomic mass is 10.2. The Kier molecular flexibility index (Phi) is 7.13. The number of alkyl halides is 1. The SMILES string of the molecule is CSc1ccccc1C(=O)NCCCCCCl. The topological polar surface area (TPSA) is 29.1 Å². The third kappa shape index (κ3) is 5.00. The van der Waals surface area contributed by atoms with Gasteiger partial charge in [0.2, 0.25) is 0 Å². The zero-order chi connectivity index (χ0) is 12.5. The van der Waals surface area contributed by atoms with Crippen molar-refractivity contribution in [1.29, 1.82) is 0 Å². The molecule has 0 saturated carbocycles. The third-order valence-corrected chi connectivity index (χ3v) is 3.51. The number of benzene rings is 1. The van der Waals surface area contributed by atoms with Crippen LogP contribution in [-0.2, 0) is 0 Å². The molecule has 0 aliphatic carbocycles. The molecule has 0 saturated heterocycles. The van der Waals surface area contributed by atoms with Crippen LogP contribution >= 0.6 is 23.4 Å². The summed E-state index contributed by atoms with van der Waals surface area (Å²) in [6.45, 7) is 0.721. The molecule has 2 nitrogen and oxygen atoms in total. The molecule has 4 heteroatoms. The smallest absolute Gasteiger partial charge is 0.252 e. The first kappa shape index (κ1) is 14.4. The Morgan fingerprint density at radius 2 is 2.06 bits per heavy atom. The van der Waals surface area contributed by atoms with Gasteiger partial charge in [-0.1, -0.05) is 18.6 Å². The summed E-state index contributed by atoms with van der Waals surface area (Å²) >= 11 is 7.18. The second-order valence-electron chi connectivity index (χ2n) is 3.71. The summed E-state index contributed by atoms with van der Waals surface area (Å²) in [6, 6.07) is 7.66. The summed E-state index contributed by atoms with van der Waals surface area (Å²) < 4.78 is 0. The number of halogens is 1. The molecule has 0 aliphatic rings. The number of hydrogen-bond acceptors (Lipinski definition) is 2. The number of rotatable bonds is 7. The molecule has 0 spiro atoms. The predicted octanol–water partition coefficient (Wildman–Crippen LogP) is 3.55. The average Bonchev–Trinajstić information content (AvgIpc) is 2.38. The molecular formula is C13H18ClNOS. The highest BCUT2D eigenvalue weighted by atomic mass is 35.5. The van der Waals surface area contributed by atoms with Crippen molar-refractivity contribution in [2.24, 2.45) is 0 Å². The van der Waals surface area contributed by atoms with Crippen LogP contribution in [0.15, 0.2) is 29.2 Å². The lowest BCUT2D eigenvalue weighted by Crippen LogP contribution is -2.24. The van der Waals surface area contributed by atoms with Crippen molar-refractivity contribution < 1.29 is 4.79 Å². The van der Waals surface area contributed by atoms with Gasteiger partial charge in [-0.15, -0.1) is 23.4 Å². The Morgan fingerprint density at radius 3 is 2.76 bits per heavy atom. The van der Waals surface area contributed by atoms with Gasteiger partial charge in [0.15, 0.2) is 0 Å². The second-order valence-corrected chi connectivity index (χ2v) is 4.93. The van der Waals surface area contributed by atoms with Gasteiger partial charge in [-0.05, 0) is 31.2 Å². The lowest BCUT2D eigenvalue weighted by Gasteiger charge is -2.08. The van der Waals surface area contributed by atoms with Crippen molar-refractivity contribution in [2.45, 2.75) is 24.2 Å². The van der Waals surface area contributed by atoms with Gasteiger partial charge in [0.05, 0.1) is 5.56 Å². The predicted molar refractivity (Wildman–Crippen MR) is 75.1 cm³/mol. The molecule has 0 bridgehead atoms. The van der Waals surface area contributed by atoms with Gasteiger partial charge in [-0.25, -0.2) is 0 Å². The van der Waals surface area contributed by atoms with E-state index in [1.54, 1.807) is 11.8 Å². The summed E-state index contributed by atoms with van der Waals surface area (Å²) in [5, 5.41) is 2.94. The maximum Gasteiger partial charge on any atom is 0.252 e. The number of amides is 1. The highest BCUT2D eigenvalue weighted by molar-refractivity contribution is 7.98. The average molecular weight is 272 g/mol. The summed E-state index contributed by atoms with van der Waals surface area (Å²) in [6.07, 6.45) is 5.04. The molecule has 17 heavy (non-hydrogen) atoms. The molecule has 0 heterocycles. The van der Waals surface area contributed by atoms with Crippen LogP contribution in [0.25, 0.3) is 0 Å². The van der Waals surface area contributed by atoms with Crippen molar-refractivity contribution in [1.82, 2.24) is 5.32 Å². The second kappa shape index (κ2) is 8.43. The number of nitrogens with one attached hydrogen (secondary N) is 1. The van der Waals surface area contributed by atoms with Crippen LogP contribution in [0.3, 0.4) is 0 Å². The molecule has 1 amide bonds. The van der Waals surface area contributed by atoms with E-state index in [9.17, 15) is 4.79 Å². The van der Waals surface area contributed by atoms with Crippen molar-refractivity contribution in [3.05, 3.63) is 29.8 Å². The van der Waals surface area contributed by atoms with E-state index in [0.717, 1.165) is 36.3 Å². The first-order valence-electron chi connectivity index (χ1n) is 5.76. The summed E-state index contributed by atoms with van der Waals surface area (Å²) in [7, 11) is 0. The fraction of sp³-hybridized carbons (Fsp3) is 0.462. The Hall–Kier alpha value is -0.670. The van der Waals surface area contributed by atoms with E-state index in [4.69, 9.17) is 11.6 Å². The summed E-state index contributed by atoms with van der Waals surface area (Å²) in [5.74, 6) is 0.712. The quantitative estimate of drug-likeness (QED) is 0.467. The van der Waals surface area contributed by atoms with E-state index in [0.29, 0.717) is 5.88 Å². The zero-order valence-corrected chi connectivity index (χ0v) is 11.6. The molecule has 1 aromatic rings. The minimum atomic E-state index is 0.0147. The van der Waals surface area contributed by atoms with Gasteiger partial charge in [0.25, 0.3) is 5.91 Å². The minimum Gasteiger partial charge on any atom is -0.352 e. The molecule has 0 atom stereocenters. The molecule has 0 fully saturated rings. The molecular weight excluding hydrogens is 254 g/mol. The molecule has 0 aromatic heterocycles. The number of unbranched alkanes of at least 4 members (excludes halogenated alkanes) is 2. The maximum absolute atomic E-state index is 11.9. The lowest BCUT2D eigenvalue weighted by molar-refractivity contribution is 0.0950. The summed E-state index contributed by atoms with van der Waals surface area (Å²) in [4.78, 5) is 12.9. The van der Waals surface area contributed by atoms with Crippen LogP contribution in [0, 0.1) is 0 Å². The highest BCUT2D eigenvalue weighted by Gasteiger charge is 2.08. The summed E-state index contributed by atoms with van der Waals surface area (Å²) in [5.41, 5.74) is 0.761. The van der Waals surface area contributed by atoms with Crippen molar-refractivity contribution in [2.75, 3.05) is 18.7 Å². The Labute approximate surface area is 112 Å². The monoisotopic (exact) mass is 271 g/mol. The number of hydrogen-bond donors (Lipinski definition) is 1. The fourth-order valence-electron chi connectivity index (χ4n) is 1.53. The van der Waals surface area contributed by atoms with Gasteiger partial charge < -0.3 is 5.32 Å². The van der Waals surface area contributed by atoms with Crippen LogP contribution in [0.5, 0.6) is 0 Å². The first-order chi connectivity index (χ1) is 8.29. The van der Waals surface area contributed by atoms with E-state index in [1.165, 1.54) is 0 Å². The van der Waals surface area contributed by atoms with Gasteiger partial charge in [0.1, 0.15) is 0 Å². The molecule has 0 aliphatic heterocycles. The number of thioether (sulfide) groups is 1. The van der Waals surface area contributed by atoms with E-state index < -0.39 is 0 Å². The van der Waals surface area contributed by atoms with Crippen molar-refractivity contribution >= 4 is 29.3 Å². The number of carbonyl (C=O) groups is 1. The maximum atomic E-state index is 11.9. The standard InChI is InChI=1S/C13H18ClNOS/c1-17-12-8-4-3-7-11(12)13(16)15-10-6-2-5-9-14/h3-4,7-8H,2,5-6,9-10H2,1H3,(H,15,16). The van der Waals surface area contributed by atoms with Gasteiger partial charge in [0, 0.05) is 17.3 Å². The molecule has 0 radical (unpaired) electrons. The number of carbonyl (C=O) groups excluding carboxylic acids is 1. The van der Waals surface area contributed by atoms with E-state index in [-0.39, 0.29) is 5.91 Å². The fourth-order valence-corrected chi connectivity index (χ4v) is 2.31. The van der Waals surface area contributed by atoms with Crippen LogP contribution in [0.2, 0.25) is 0 Å². The minimum absolute atomic E-state index is 0.0147. The molecule has 94 valence electrons. The van der Waals surface area contributed by atoms with E-state index in [1.807, 2.05) is 30.5 Å². The first-order valence-corrected chi connectivity index (χ1v) is 7.52. The molecule has 1 N–H and O–H groups in total. The third-order valence-electron chi connectivity index (χ3n) is 2.45. The Balaban J connectivity index is 2.41. The van der Waals surface area contributed by atoms with Crippen LogP contribution in [0.1, 0.15) is 29.6 Å². The molecule has 1 aromatic carbocycles. The highest BCUT2D eigenvalue weighted by Crippen LogP contribution is 2.19. The van der Waals surface area contributed by atoms with Gasteiger partial charge in [-0.3, -0.25) is 4.79 Å². The van der Waals surface area contributed by atoms with Gasteiger partial charge >= 0.3 is 0 Å². The zero-order valence-electron chi connectivity index (χ0n) is 10.0. The van der Waals surface area contributed by atoms with E-state index in [2.05, 4.69) is 5.32 Å². The van der Waals surface area contributed by atoms with Crippen LogP contribution < -0.4 is 5.32 Å². The normalized spacial score (nSPS) is 10.2. The Bertz CT molecular complexity index is 357. The largest absolute Gasteiger partial charge is 0.352 e. The molecule has 1 rings (SSSR count). The van der Waals surface area contributed by atoms with Crippen LogP contribution in [-0.4, -0.2) is 24.6 Å².